The molecule has 2 rings (SSSR count). The molecule has 0 bridgehead atoms. The molecule has 0 fully saturated rings. The standard InChI is InChI=1S/C14H16FN5O/c1-20(2)10-5-3-4-9(8-10)18-14(21)11-6-7-17-13(19-16)12(11)15/h3-8H,16H2,1-2H3,(H,17,19)(H,18,21). The molecular formula is C14H16FN5O. The number of carbonyl (C=O) groups is 1. The lowest BCUT2D eigenvalue weighted by molar-refractivity contribution is 0.102. The Morgan fingerprint density at radius 3 is 2.76 bits per heavy atom. The van der Waals surface area contributed by atoms with Gasteiger partial charge < -0.3 is 15.6 Å². The van der Waals surface area contributed by atoms with E-state index in [1.165, 1.54) is 12.3 Å². The van der Waals surface area contributed by atoms with E-state index < -0.39 is 11.7 Å². The van der Waals surface area contributed by atoms with Gasteiger partial charge in [0.25, 0.3) is 5.91 Å². The first-order chi connectivity index (χ1) is 10.0. The molecule has 1 amide bonds. The van der Waals surface area contributed by atoms with Crippen molar-refractivity contribution in [2.45, 2.75) is 0 Å². The SMILES string of the molecule is CN(C)c1cccc(NC(=O)c2ccnc(NN)c2F)c1. The first-order valence-electron chi connectivity index (χ1n) is 6.22. The second-order valence-electron chi connectivity index (χ2n) is 4.56. The first-order valence-corrected chi connectivity index (χ1v) is 6.22. The monoisotopic (exact) mass is 289 g/mol. The van der Waals surface area contributed by atoms with Crippen LogP contribution in [-0.4, -0.2) is 25.0 Å². The summed E-state index contributed by atoms with van der Waals surface area (Å²) in [5.41, 5.74) is 3.47. The van der Waals surface area contributed by atoms with Crippen molar-refractivity contribution in [1.29, 1.82) is 0 Å². The molecule has 1 aromatic heterocycles. The highest BCUT2D eigenvalue weighted by molar-refractivity contribution is 6.05. The Hall–Kier alpha value is -2.67. The van der Waals surface area contributed by atoms with Crippen LogP contribution < -0.4 is 21.5 Å². The highest BCUT2D eigenvalue weighted by Gasteiger charge is 2.15. The minimum absolute atomic E-state index is 0.131. The Kier molecular flexibility index (Phi) is 4.34. The molecule has 7 heteroatoms. The van der Waals surface area contributed by atoms with Gasteiger partial charge in [0.1, 0.15) is 0 Å². The van der Waals surface area contributed by atoms with Crippen LogP contribution in [0.15, 0.2) is 36.5 Å². The predicted molar refractivity (Wildman–Crippen MR) is 80.7 cm³/mol. The van der Waals surface area contributed by atoms with Gasteiger partial charge in [-0.1, -0.05) is 6.07 Å². The van der Waals surface area contributed by atoms with Gasteiger partial charge in [-0.3, -0.25) is 4.79 Å². The Morgan fingerprint density at radius 2 is 2.10 bits per heavy atom. The summed E-state index contributed by atoms with van der Waals surface area (Å²) >= 11 is 0. The lowest BCUT2D eigenvalue weighted by Gasteiger charge is -2.14. The number of benzene rings is 1. The Balaban J connectivity index is 2.24. The van der Waals surface area contributed by atoms with Crippen LogP contribution in [0.2, 0.25) is 0 Å². The summed E-state index contributed by atoms with van der Waals surface area (Å²) in [5.74, 6) is 3.60. The van der Waals surface area contributed by atoms with Crippen LogP contribution >= 0.6 is 0 Å². The summed E-state index contributed by atoms with van der Waals surface area (Å²) in [4.78, 5) is 17.7. The average Bonchev–Trinajstić information content (AvgIpc) is 2.47. The molecule has 1 aromatic carbocycles. The van der Waals surface area contributed by atoms with E-state index in [0.29, 0.717) is 5.69 Å². The number of hydrogen-bond acceptors (Lipinski definition) is 5. The molecule has 0 radical (unpaired) electrons. The zero-order chi connectivity index (χ0) is 15.4. The summed E-state index contributed by atoms with van der Waals surface area (Å²) < 4.78 is 14.0. The number of carbonyl (C=O) groups excluding carboxylic acids is 1. The minimum atomic E-state index is -0.790. The Bertz CT molecular complexity index is 660. The predicted octanol–water partition coefficient (Wildman–Crippen LogP) is 1.82. The summed E-state index contributed by atoms with van der Waals surface area (Å²) in [6.07, 6.45) is 1.31. The number of nitrogens with one attached hydrogen (secondary N) is 2. The molecule has 0 aliphatic carbocycles. The van der Waals surface area contributed by atoms with Gasteiger partial charge in [-0.05, 0) is 24.3 Å². The molecular weight excluding hydrogens is 273 g/mol. The van der Waals surface area contributed by atoms with Crippen LogP contribution in [0.1, 0.15) is 10.4 Å². The molecule has 0 spiro atoms. The van der Waals surface area contributed by atoms with Gasteiger partial charge in [0.2, 0.25) is 0 Å². The van der Waals surface area contributed by atoms with E-state index in [-0.39, 0.29) is 11.4 Å². The summed E-state index contributed by atoms with van der Waals surface area (Å²) in [6, 6.07) is 8.52. The molecule has 110 valence electrons. The smallest absolute Gasteiger partial charge is 0.258 e. The fourth-order valence-electron chi connectivity index (χ4n) is 1.78. The van der Waals surface area contributed by atoms with Crippen molar-refractivity contribution in [3.63, 3.8) is 0 Å². The first kappa shape index (κ1) is 14.7. The summed E-state index contributed by atoms with van der Waals surface area (Å²) in [6.45, 7) is 0. The number of hydrogen-bond donors (Lipinski definition) is 3. The maximum Gasteiger partial charge on any atom is 0.258 e. The molecule has 0 saturated carbocycles. The average molecular weight is 289 g/mol. The lowest BCUT2D eigenvalue weighted by atomic mass is 10.2. The van der Waals surface area contributed by atoms with Gasteiger partial charge in [-0.2, -0.15) is 0 Å². The normalized spacial score (nSPS) is 10.1. The molecule has 0 atom stereocenters. The van der Waals surface area contributed by atoms with Crippen LogP contribution in [0.5, 0.6) is 0 Å². The van der Waals surface area contributed by atoms with E-state index >= 15 is 0 Å². The van der Waals surface area contributed by atoms with Crippen molar-refractivity contribution in [1.82, 2.24) is 4.98 Å². The van der Waals surface area contributed by atoms with E-state index in [1.807, 2.05) is 25.1 Å². The van der Waals surface area contributed by atoms with Gasteiger partial charge in [-0.15, -0.1) is 0 Å². The maximum atomic E-state index is 14.0. The molecule has 0 saturated heterocycles. The number of halogens is 1. The molecule has 21 heavy (non-hydrogen) atoms. The van der Waals surface area contributed by atoms with Crippen molar-refractivity contribution < 1.29 is 9.18 Å². The molecule has 4 N–H and O–H groups in total. The number of aromatic nitrogens is 1. The van der Waals surface area contributed by atoms with Gasteiger partial charge >= 0.3 is 0 Å². The number of nitrogen functional groups attached to an aromatic ring is 1. The van der Waals surface area contributed by atoms with Crippen molar-refractivity contribution in [3.8, 4) is 0 Å². The van der Waals surface area contributed by atoms with Crippen molar-refractivity contribution in [2.75, 3.05) is 29.7 Å². The second kappa shape index (κ2) is 6.19. The van der Waals surface area contributed by atoms with Crippen LogP contribution in [0.3, 0.4) is 0 Å². The van der Waals surface area contributed by atoms with E-state index in [1.54, 1.807) is 18.2 Å². The topological polar surface area (TPSA) is 83.3 Å². The van der Waals surface area contributed by atoms with Gasteiger partial charge in [-0.25, -0.2) is 15.2 Å². The number of rotatable bonds is 4. The van der Waals surface area contributed by atoms with E-state index in [0.717, 1.165) is 5.69 Å². The highest BCUT2D eigenvalue weighted by atomic mass is 19.1. The van der Waals surface area contributed by atoms with Gasteiger partial charge in [0.05, 0.1) is 5.56 Å². The number of pyridine rings is 1. The van der Waals surface area contributed by atoms with Crippen LogP contribution in [-0.2, 0) is 0 Å². The largest absolute Gasteiger partial charge is 0.378 e. The van der Waals surface area contributed by atoms with E-state index in [9.17, 15) is 9.18 Å². The van der Waals surface area contributed by atoms with Gasteiger partial charge in [0, 0.05) is 31.7 Å². The zero-order valence-corrected chi connectivity index (χ0v) is 11.7. The molecule has 0 aliphatic heterocycles. The molecule has 0 aliphatic rings. The third kappa shape index (κ3) is 3.26. The third-order valence-corrected chi connectivity index (χ3v) is 2.89. The Morgan fingerprint density at radius 1 is 1.33 bits per heavy atom. The number of nitrogens with two attached hydrogens (primary N) is 1. The lowest BCUT2D eigenvalue weighted by Crippen LogP contribution is -2.18. The van der Waals surface area contributed by atoms with E-state index in [4.69, 9.17) is 5.84 Å². The number of anilines is 3. The van der Waals surface area contributed by atoms with Crippen molar-refractivity contribution in [3.05, 3.63) is 47.9 Å². The van der Waals surface area contributed by atoms with Crippen LogP contribution in [0.25, 0.3) is 0 Å². The molecule has 6 nitrogen and oxygen atoms in total. The fourth-order valence-corrected chi connectivity index (χ4v) is 1.78. The van der Waals surface area contributed by atoms with Crippen molar-refractivity contribution in [2.24, 2.45) is 5.84 Å². The maximum absolute atomic E-state index is 14.0. The second-order valence-corrected chi connectivity index (χ2v) is 4.56. The van der Waals surface area contributed by atoms with Gasteiger partial charge in [0.15, 0.2) is 11.6 Å². The number of nitrogens with zero attached hydrogens (tertiary/aromatic N) is 2. The summed E-state index contributed by atoms with van der Waals surface area (Å²) in [7, 11) is 3.78. The summed E-state index contributed by atoms with van der Waals surface area (Å²) in [5, 5.41) is 2.64. The van der Waals surface area contributed by atoms with Crippen LogP contribution in [0, 0.1) is 5.82 Å². The molecule has 1 heterocycles. The van der Waals surface area contributed by atoms with Crippen LogP contribution in [0.4, 0.5) is 21.6 Å². The third-order valence-electron chi connectivity index (χ3n) is 2.89. The quantitative estimate of drug-likeness (QED) is 0.591. The minimum Gasteiger partial charge on any atom is -0.378 e. The number of hydrazine groups is 1. The number of amides is 1. The Labute approximate surface area is 121 Å². The molecule has 0 unspecified atom stereocenters. The van der Waals surface area contributed by atoms with E-state index in [2.05, 4.69) is 15.7 Å². The highest BCUT2D eigenvalue weighted by Crippen LogP contribution is 2.19. The fraction of sp³-hybridized carbons (Fsp3) is 0.143. The molecule has 2 aromatic rings. The van der Waals surface area contributed by atoms with Crippen molar-refractivity contribution >= 4 is 23.1 Å². The zero-order valence-electron chi connectivity index (χ0n) is 11.7.